The Hall–Kier alpha value is -2.37. The van der Waals surface area contributed by atoms with Gasteiger partial charge in [0.25, 0.3) is 0 Å². The van der Waals surface area contributed by atoms with Crippen LogP contribution < -0.4 is 5.32 Å². The van der Waals surface area contributed by atoms with Crippen LogP contribution in [0.1, 0.15) is 5.56 Å². The molecule has 6 heteroatoms. The largest absolute Gasteiger partial charge is 0.417 e. The third kappa shape index (κ3) is 2.90. The van der Waals surface area contributed by atoms with Gasteiger partial charge < -0.3 is 5.32 Å². The zero-order chi connectivity index (χ0) is 13.9. The Labute approximate surface area is 107 Å². The maximum atomic E-state index is 12.9. The molecule has 2 rings (SSSR count). The number of rotatable bonds is 3. The van der Waals surface area contributed by atoms with Crippen LogP contribution in [0.4, 0.5) is 19.1 Å². The minimum Gasteiger partial charge on any atom is -0.331 e. The number of hydrogen-bond acceptors (Lipinski definition) is 3. The standard InChI is InChI=1S/C13H10F3N3/c1-2-17-12-18-8-7-11(19-12)9-5-3-4-6-10(9)13(14,15)16/h2-8H,1H2,(H,17,18,19). The third-order valence-corrected chi connectivity index (χ3v) is 2.40. The molecule has 0 unspecified atom stereocenters. The predicted molar refractivity (Wildman–Crippen MR) is 66.3 cm³/mol. The van der Waals surface area contributed by atoms with Crippen LogP contribution in [0.2, 0.25) is 0 Å². The van der Waals surface area contributed by atoms with E-state index in [1.807, 2.05) is 0 Å². The molecule has 0 spiro atoms. The summed E-state index contributed by atoms with van der Waals surface area (Å²) in [7, 11) is 0. The number of nitrogens with zero attached hydrogens (tertiary/aromatic N) is 2. The molecule has 0 atom stereocenters. The molecule has 1 N–H and O–H groups in total. The monoisotopic (exact) mass is 265 g/mol. The molecular weight excluding hydrogens is 255 g/mol. The highest BCUT2D eigenvalue weighted by Gasteiger charge is 2.33. The lowest BCUT2D eigenvalue weighted by Gasteiger charge is -2.12. The Morgan fingerprint density at radius 2 is 1.89 bits per heavy atom. The highest BCUT2D eigenvalue weighted by Crippen LogP contribution is 2.36. The van der Waals surface area contributed by atoms with Crippen molar-refractivity contribution in [1.82, 2.24) is 9.97 Å². The SMILES string of the molecule is C=CNc1nccc(-c2ccccc2C(F)(F)F)n1. The van der Waals surface area contributed by atoms with Crippen molar-refractivity contribution in [3.8, 4) is 11.3 Å². The summed E-state index contributed by atoms with van der Waals surface area (Å²) in [5.41, 5.74) is -0.505. The second-order valence-electron chi connectivity index (χ2n) is 3.66. The Bertz CT molecular complexity index is 594. The summed E-state index contributed by atoms with van der Waals surface area (Å²) in [6.07, 6.45) is -1.68. The van der Waals surface area contributed by atoms with Crippen LogP contribution in [0.25, 0.3) is 11.3 Å². The molecule has 1 aromatic carbocycles. The average Bonchev–Trinajstić information content (AvgIpc) is 2.38. The topological polar surface area (TPSA) is 37.8 Å². The fourth-order valence-corrected chi connectivity index (χ4v) is 1.62. The van der Waals surface area contributed by atoms with E-state index in [1.165, 1.54) is 36.7 Å². The maximum absolute atomic E-state index is 12.9. The molecule has 1 aromatic heterocycles. The van der Waals surface area contributed by atoms with Gasteiger partial charge in [0, 0.05) is 11.8 Å². The summed E-state index contributed by atoms with van der Waals surface area (Å²) in [5, 5.41) is 2.64. The first-order valence-corrected chi connectivity index (χ1v) is 5.39. The molecule has 1 heterocycles. The Kier molecular flexibility index (Phi) is 3.50. The van der Waals surface area contributed by atoms with Gasteiger partial charge in [-0.25, -0.2) is 9.97 Å². The van der Waals surface area contributed by atoms with Gasteiger partial charge in [0.2, 0.25) is 5.95 Å². The van der Waals surface area contributed by atoms with Crippen molar-refractivity contribution in [2.24, 2.45) is 0 Å². The first-order chi connectivity index (χ1) is 9.02. The number of alkyl halides is 3. The van der Waals surface area contributed by atoms with Gasteiger partial charge in [0.15, 0.2) is 0 Å². The molecule has 0 aliphatic rings. The van der Waals surface area contributed by atoms with Crippen LogP contribution in [0.15, 0.2) is 49.3 Å². The van der Waals surface area contributed by atoms with Crippen molar-refractivity contribution in [3.05, 3.63) is 54.9 Å². The van der Waals surface area contributed by atoms with Crippen LogP contribution in [0, 0.1) is 0 Å². The first-order valence-electron chi connectivity index (χ1n) is 5.39. The smallest absolute Gasteiger partial charge is 0.331 e. The number of hydrogen-bond donors (Lipinski definition) is 1. The van der Waals surface area contributed by atoms with E-state index in [1.54, 1.807) is 0 Å². The molecule has 0 bridgehead atoms. The summed E-state index contributed by atoms with van der Waals surface area (Å²) < 4.78 is 38.7. The number of benzene rings is 1. The summed E-state index contributed by atoms with van der Waals surface area (Å²) in [5.74, 6) is 0.199. The van der Waals surface area contributed by atoms with E-state index in [0.29, 0.717) is 0 Å². The van der Waals surface area contributed by atoms with Crippen LogP contribution in [-0.2, 0) is 6.18 Å². The fourth-order valence-electron chi connectivity index (χ4n) is 1.62. The Balaban J connectivity index is 2.53. The van der Waals surface area contributed by atoms with E-state index in [4.69, 9.17) is 0 Å². The van der Waals surface area contributed by atoms with Crippen LogP contribution >= 0.6 is 0 Å². The van der Waals surface area contributed by atoms with Gasteiger partial charge in [0.05, 0.1) is 11.3 Å². The number of halogens is 3. The Morgan fingerprint density at radius 1 is 1.16 bits per heavy atom. The summed E-state index contributed by atoms with van der Waals surface area (Å²) >= 11 is 0. The molecule has 0 aliphatic carbocycles. The van der Waals surface area contributed by atoms with Gasteiger partial charge >= 0.3 is 6.18 Å². The molecule has 19 heavy (non-hydrogen) atoms. The van der Waals surface area contributed by atoms with Gasteiger partial charge in [-0.3, -0.25) is 0 Å². The van der Waals surface area contributed by atoms with Gasteiger partial charge in [-0.2, -0.15) is 13.2 Å². The lowest BCUT2D eigenvalue weighted by atomic mass is 10.0. The van der Waals surface area contributed by atoms with Crippen LogP contribution in [-0.4, -0.2) is 9.97 Å². The molecule has 3 nitrogen and oxygen atoms in total. The van der Waals surface area contributed by atoms with E-state index >= 15 is 0 Å². The molecule has 0 saturated carbocycles. The lowest BCUT2D eigenvalue weighted by molar-refractivity contribution is -0.137. The third-order valence-electron chi connectivity index (χ3n) is 2.40. The van der Waals surface area contributed by atoms with E-state index < -0.39 is 11.7 Å². The molecule has 98 valence electrons. The lowest BCUT2D eigenvalue weighted by Crippen LogP contribution is -2.07. The number of nitrogens with one attached hydrogen (secondary N) is 1. The van der Waals surface area contributed by atoms with Crippen molar-refractivity contribution in [2.75, 3.05) is 5.32 Å². The maximum Gasteiger partial charge on any atom is 0.417 e. The number of anilines is 1. The first kappa shape index (κ1) is 13.1. The second kappa shape index (κ2) is 5.09. The van der Waals surface area contributed by atoms with E-state index in [9.17, 15) is 13.2 Å². The highest BCUT2D eigenvalue weighted by atomic mass is 19.4. The van der Waals surface area contributed by atoms with Crippen molar-refractivity contribution in [1.29, 1.82) is 0 Å². The molecular formula is C13H10F3N3. The summed E-state index contributed by atoms with van der Waals surface area (Å²) in [6, 6.07) is 6.71. The van der Waals surface area contributed by atoms with Crippen molar-refractivity contribution < 1.29 is 13.2 Å². The van der Waals surface area contributed by atoms with Gasteiger partial charge in [0.1, 0.15) is 0 Å². The zero-order valence-electron chi connectivity index (χ0n) is 9.78. The van der Waals surface area contributed by atoms with E-state index in [2.05, 4.69) is 21.9 Å². The summed E-state index contributed by atoms with van der Waals surface area (Å²) in [4.78, 5) is 7.89. The quantitative estimate of drug-likeness (QED) is 0.919. The average molecular weight is 265 g/mol. The van der Waals surface area contributed by atoms with Gasteiger partial charge in [-0.05, 0) is 18.3 Å². The van der Waals surface area contributed by atoms with Crippen molar-refractivity contribution in [2.45, 2.75) is 6.18 Å². The van der Waals surface area contributed by atoms with Crippen LogP contribution in [0.3, 0.4) is 0 Å². The van der Waals surface area contributed by atoms with Crippen molar-refractivity contribution >= 4 is 5.95 Å². The Morgan fingerprint density at radius 3 is 2.58 bits per heavy atom. The van der Waals surface area contributed by atoms with Crippen molar-refractivity contribution in [3.63, 3.8) is 0 Å². The van der Waals surface area contributed by atoms with E-state index in [-0.39, 0.29) is 17.2 Å². The molecule has 0 radical (unpaired) electrons. The minimum atomic E-state index is -4.42. The summed E-state index contributed by atoms with van der Waals surface area (Å²) in [6.45, 7) is 3.44. The van der Waals surface area contributed by atoms with E-state index in [0.717, 1.165) is 6.07 Å². The van der Waals surface area contributed by atoms with Gasteiger partial charge in [-0.1, -0.05) is 24.8 Å². The predicted octanol–water partition coefficient (Wildman–Crippen LogP) is 3.72. The normalized spacial score (nSPS) is 11.1. The minimum absolute atomic E-state index is 0.0181. The second-order valence-corrected chi connectivity index (χ2v) is 3.66. The molecule has 0 amide bonds. The van der Waals surface area contributed by atoms with Gasteiger partial charge in [-0.15, -0.1) is 0 Å². The molecule has 2 aromatic rings. The molecule has 0 saturated heterocycles. The molecule has 0 aliphatic heterocycles. The highest BCUT2D eigenvalue weighted by molar-refractivity contribution is 5.65. The molecule has 0 fully saturated rings. The zero-order valence-corrected chi connectivity index (χ0v) is 9.78. The fraction of sp³-hybridized carbons (Fsp3) is 0.0769. The van der Waals surface area contributed by atoms with Crippen LogP contribution in [0.5, 0.6) is 0 Å². The number of aromatic nitrogens is 2.